The van der Waals surface area contributed by atoms with Gasteiger partial charge in [-0.25, -0.2) is 0 Å². The van der Waals surface area contributed by atoms with Crippen molar-refractivity contribution < 1.29 is 0 Å². The van der Waals surface area contributed by atoms with E-state index in [2.05, 4.69) is 54.9 Å². The molecule has 1 N–H and O–H groups in total. The van der Waals surface area contributed by atoms with Gasteiger partial charge < -0.3 is 9.72 Å². The Morgan fingerprint density at radius 2 is 1.80 bits per heavy atom. The number of fused-ring (bicyclic) bond motifs is 1. The first-order valence-electron chi connectivity index (χ1n) is 8.13. The average molecular weight is 272 g/mol. The number of aryl methyl sites for hydroxylation is 1. The summed E-state index contributed by atoms with van der Waals surface area (Å²) in [5.41, 5.74) is 6.07. The van der Waals surface area contributed by atoms with Crippen LogP contribution in [0.2, 0.25) is 0 Å². The average Bonchev–Trinajstić information content (AvgIpc) is 2.78. The first kappa shape index (κ1) is 15.1. The Balaban J connectivity index is 2.35. The van der Waals surface area contributed by atoms with Crippen molar-refractivity contribution in [2.45, 2.75) is 52.9 Å². The maximum atomic E-state index is 3.53. The summed E-state index contributed by atoms with van der Waals surface area (Å²) in [5.74, 6) is 0. The van der Waals surface area contributed by atoms with Gasteiger partial charge in [-0.15, -0.1) is 0 Å². The SMILES string of the molecule is CCCNCCc1c(CC)c(CCC)n2ccccc12. The summed E-state index contributed by atoms with van der Waals surface area (Å²) in [5, 5.41) is 3.53. The minimum atomic E-state index is 1.08. The molecular weight excluding hydrogens is 244 g/mol. The Morgan fingerprint density at radius 3 is 2.50 bits per heavy atom. The number of hydrogen-bond donors (Lipinski definition) is 1. The molecule has 0 radical (unpaired) electrons. The van der Waals surface area contributed by atoms with Crippen molar-refractivity contribution in [3.63, 3.8) is 0 Å². The van der Waals surface area contributed by atoms with Gasteiger partial charge in [0.25, 0.3) is 0 Å². The van der Waals surface area contributed by atoms with Crippen molar-refractivity contribution in [1.82, 2.24) is 9.72 Å². The van der Waals surface area contributed by atoms with Gasteiger partial charge in [0.05, 0.1) is 0 Å². The Morgan fingerprint density at radius 1 is 0.950 bits per heavy atom. The summed E-state index contributed by atoms with van der Waals surface area (Å²) in [6.07, 6.45) is 8.10. The quantitative estimate of drug-likeness (QED) is 0.719. The zero-order valence-corrected chi connectivity index (χ0v) is 13.2. The fraction of sp³-hybridized carbons (Fsp3) is 0.556. The van der Waals surface area contributed by atoms with Crippen molar-refractivity contribution in [2.75, 3.05) is 13.1 Å². The van der Waals surface area contributed by atoms with E-state index < -0.39 is 0 Å². The fourth-order valence-electron chi connectivity index (χ4n) is 3.12. The van der Waals surface area contributed by atoms with Crippen LogP contribution in [0.15, 0.2) is 24.4 Å². The standard InChI is InChI=1S/C18H28N2/c1-4-9-17-15(6-3)16(11-13-19-12-5-2)18-10-7-8-14-20(17)18/h7-8,10,14,19H,4-6,9,11-13H2,1-3H3. The summed E-state index contributed by atoms with van der Waals surface area (Å²) in [6, 6.07) is 6.58. The van der Waals surface area contributed by atoms with E-state index in [4.69, 9.17) is 0 Å². The van der Waals surface area contributed by atoms with Crippen molar-refractivity contribution in [2.24, 2.45) is 0 Å². The van der Waals surface area contributed by atoms with Gasteiger partial charge in [0.2, 0.25) is 0 Å². The van der Waals surface area contributed by atoms with Gasteiger partial charge in [-0.2, -0.15) is 0 Å². The second-order valence-corrected chi connectivity index (χ2v) is 5.46. The van der Waals surface area contributed by atoms with Crippen molar-refractivity contribution in [1.29, 1.82) is 0 Å². The lowest BCUT2D eigenvalue weighted by atomic mass is 10.0. The molecule has 0 unspecified atom stereocenters. The molecule has 0 aliphatic heterocycles. The number of pyridine rings is 1. The third kappa shape index (κ3) is 3.06. The minimum absolute atomic E-state index is 1.08. The Hall–Kier alpha value is -1.28. The number of hydrogen-bond acceptors (Lipinski definition) is 1. The molecule has 2 rings (SSSR count). The first-order chi connectivity index (χ1) is 9.83. The largest absolute Gasteiger partial charge is 0.320 e. The highest BCUT2D eigenvalue weighted by atomic mass is 14.9. The predicted molar refractivity (Wildman–Crippen MR) is 87.6 cm³/mol. The molecule has 2 heteroatoms. The van der Waals surface area contributed by atoms with Gasteiger partial charge in [0.15, 0.2) is 0 Å². The van der Waals surface area contributed by atoms with E-state index in [-0.39, 0.29) is 0 Å². The molecule has 20 heavy (non-hydrogen) atoms. The molecule has 2 aromatic rings. The summed E-state index contributed by atoms with van der Waals surface area (Å²) in [4.78, 5) is 0. The predicted octanol–water partition coefficient (Wildman–Crippen LogP) is 4.00. The molecule has 0 saturated carbocycles. The Labute approximate surface area is 123 Å². The maximum absolute atomic E-state index is 3.53. The van der Waals surface area contributed by atoms with Crippen LogP contribution in [0.5, 0.6) is 0 Å². The molecule has 0 aliphatic rings. The van der Waals surface area contributed by atoms with Crippen LogP contribution in [-0.2, 0) is 19.3 Å². The zero-order valence-electron chi connectivity index (χ0n) is 13.2. The number of nitrogens with one attached hydrogen (secondary N) is 1. The molecule has 0 aliphatic carbocycles. The number of aromatic nitrogens is 1. The lowest BCUT2D eigenvalue weighted by Crippen LogP contribution is -2.18. The van der Waals surface area contributed by atoms with Crippen LogP contribution < -0.4 is 5.32 Å². The van der Waals surface area contributed by atoms with E-state index in [9.17, 15) is 0 Å². The van der Waals surface area contributed by atoms with Gasteiger partial charge in [0.1, 0.15) is 0 Å². The van der Waals surface area contributed by atoms with Gasteiger partial charge in [-0.05, 0) is 62.0 Å². The van der Waals surface area contributed by atoms with Crippen LogP contribution in [0.4, 0.5) is 0 Å². The second-order valence-electron chi connectivity index (χ2n) is 5.46. The Bertz CT molecular complexity index is 540. The zero-order chi connectivity index (χ0) is 14.4. The van der Waals surface area contributed by atoms with Crippen LogP contribution in [0.3, 0.4) is 0 Å². The summed E-state index contributed by atoms with van der Waals surface area (Å²) < 4.78 is 2.41. The molecule has 0 saturated heterocycles. The van der Waals surface area contributed by atoms with Crippen LogP contribution >= 0.6 is 0 Å². The lowest BCUT2D eigenvalue weighted by Gasteiger charge is -2.06. The fourth-order valence-corrected chi connectivity index (χ4v) is 3.12. The van der Waals surface area contributed by atoms with Gasteiger partial charge >= 0.3 is 0 Å². The van der Waals surface area contributed by atoms with E-state index in [1.165, 1.54) is 30.5 Å². The molecule has 2 heterocycles. The first-order valence-corrected chi connectivity index (χ1v) is 8.13. The maximum Gasteiger partial charge on any atom is 0.0488 e. The third-order valence-corrected chi connectivity index (χ3v) is 3.99. The van der Waals surface area contributed by atoms with Gasteiger partial charge in [-0.1, -0.05) is 33.3 Å². The highest BCUT2D eigenvalue weighted by Gasteiger charge is 2.15. The van der Waals surface area contributed by atoms with E-state index in [0.717, 1.165) is 25.9 Å². The monoisotopic (exact) mass is 272 g/mol. The lowest BCUT2D eigenvalue weighted by molar-refractivity contribution is 0.671. The van der Waals surface area contributed by atoms with Crippen LogP contribution in [-0.4, -0.2) is 17.5 Å². The summed E-state index contributed by atoms with van der Waals surface area (Å²) in [7, 11) is 0. The second kappa shape index (κ2) is 7.49. The molecule has 0 amide bonds. The van der Waals surface area contributed by atoms with Crippen LogP contribution in [0.25, 0.3) is 5.52 Å². The van der Waals surface area contributed by atoms with E-state index in [0.29, 0.717) is 0 Å². The minimum Gasteiger partial charge on any atom is -0.320 e. The van der Waals surface area contributed by atoms with E-state index in [1.54, 1.807) is 11.1 Å². The highest BCUT2D eigenvalue weighted by molar-refractivity contribution is 5.62. The number of nitrogens with zero attached hydrogens (tertiary/aromatic N) is 1. The summed E-state index contributed by atoms with van der Waals surface area (Å²) >= 11 is 0. The summed E-state index contributed by atoms with van der Waals surface area (Å²) in [6.45, 7) is 8.98. The molecule has 0 fully saturated rings. The topological polar surface area (TPSA) is 16.4 Å². The highest BCUT2D eigenvalue weighted by Crippen LogP contribution is 2.26. The van der Waals surface area contributed by atoms with E-state index >= 15 is 0 Å². The normalized spacial score (nSPS) is 11.3. The molecular formula is C18H28N2. The van der Waals surface area contributed by atoms with Crippen LogP contribution in [0, 0.1) is 0 Å². The van der Waals surface area contributed by atoms with E-state index in [1.807, 2.05) is 0 Å². The van der Waals surface area contributed by atoms with Crippen LogP contribution in [0.1, 0.15) is 50.4 Å². The molecule has 110 valence electrons. The molecule has 2 nitrogen and oxygen atoms in total. The molecule has 0 bridgehead atoms. The van der Waals surface area contributed by atoms with Gasteiger partial charge in [0, 0.05) is 17.4 Å². The molecule has 0 aromatic carbocycles. The van der Waals surface area contributed by atoms with Gasteiger partial charge in [-0.3, -0.25) is 0 Å². The third-order valence-electron chi connectivity index (χ3n) is 3.99. The smallest absolute Gasteiger partial charge is 0.0488 e. The van der Waals surface area contributed by atoms with Crippen molar-refractivity contribution in [3.8, 4) is 0 Å². The van der Waals surface area contributed by atoms with Crippen molar-refractivity contribution >= 4 is 5.52 Å². The molecule has 0 spiro atoms. The van der Waals surface area contributed by atoms with Crippen molar-refractivity contribution in [3.05, 3.63) is 41.2 Å². The Kier molecular flexibility index (Phi) is 5.66. The molecule has 2 aromatic heterocycles. The number of rotatable bonds is 8. The molecule has 0 atom stereocenters.